The molecule has 110 valence electrons. The van der Waals surface area contributed by atoms with Crippen molar-refractivity contribution < 1.29 is 19.3 Å². The van der Waals surface area contributed by atoms with Crippen LogP contribution in [0, 0.1) is 17.0 Å². The molecule has 2 aliphatic heterocycles. The second-order valence-corrected chi connectivity index (χ2v) is 6.06. The van der Waals surface area contributed by atoms with Gasteiger partial charge in [-0.05, 0) is 19.8 Å². The number of quaternary nitrogens is 1. The van der Waals surface area contributed by atoms with Crippen LogP contribution in [0.3, 0.4) is 0 Å². The Hall–Kier alpha value is -1.17. The molecule has 2 fully saturated rings. The Balaban J connectivity index is 2.08. The van der Waals surface area contributed by atoms with Gasteiger partial charge in [-0.15, -0.1) is 0 Å². The van der Waals surface area contributed by atoms with Gasteiger partial charge in [0, 0.05) is 30.1 Å². The van der Waals surface area contributed by atoms with Gasteiger partial charge in [-0.2, -0.15) is 0 Å². The third kappa shape index (κ3) is 1.63. The lowest BCUT2D eigenvalue weighted by Crippen LogP contribution is -2.62. The summed E-state index contributed by atoms with van der Waals surface area (Å²) >= 11 is 0. The predicted molar refractivity (Wildman–Crippen MR) is 73.4 cm³/mol. The van der Waals surface area contributed by atoms with Crippen LogP contribution >= 0.6 is 0 Å². The van der Waals surface area contributed by atoms with Crippen LogP contribution in [0.1, 0.15) is 26.2 Å². The number of allylic oxidation sites excluding steroid dienone is 1. The van der Waals surface area contributed by atoms with E-state index in [1.807, 2.05) is 13.0 Å². The van der Waals surface area contributed by atoms with Crippen molar-refractivity contribution in [3.8, 4) is 0 Å². The van der Waals surface area contributed by atoms with Crippen molar-refractivity contribution in [3.63, 3.8) is 0 Å². The molecule has 3 rings (SSSR count). The zero-order valence-corrected chi connectivity index (χ0v) is 12.0. The molecule has 4 atom stereocenters. The first kappa shape index (κ1) is 13.8. The minimum atomic E-state index is -1.04. The van der Waals surface area contributed by atoms with E-state index in [9.17, 15) is 15.1 Å². The third-order valence-corrected chi connectivity index (χ3v) is 5.13. The average Bonchev–Trinajstić information content (AvgIpc) is 2.58. The quantitative estimate of drug-likeness (QED) is 0.487. The summed E-state index contributed by atoms with van der Waals surface area (Å²) < 4.78 is 4.60. The fourth-order valence-corrected chi connectivity index (χ4v) is 4.42. The summed E-state index contributed by atoms with van der Waals surface area (Å²) in [4.78, 5) is 11.7. The van der Waals surface area contributed by atoms with Crippen molar-refractivity contribution in [1.82, 2.24) is 0 Å². The number of carboxylic acids is 1. The number of carboxylic acid groups (broad SMARTS) is 1. The van der Waals surface area contributed by atoms with Crippen LogP contribution in [0.4, 0.5) is 0 Å². The molecule has 0 radical (unpaired) electrons. The maximum atomic E-state index is 13.0. The van der Waals surface area contributed by atoms with Gasteiger partial charge in [0.15, 0.2) is 0 Å². The van der Waals surface area contributed by atoms with E-state index < -0.39 is 10.6 Å². The molecule has 1 unspecified atom stereocenters. The number of hydrogen-bond donors (Lipinski definition) is 1. The largest absolute Gasteiger partial charge is 0.626 e. The molecule has 1 N–H and O–H groups in total. The van der Waals surface area contributed by atoms with Crippen LogP contribution in [-0.4, -0.2) is 42.0 Å². The van der Waals surface area contributed by atoms with Gasteiger partial charge >= 0.3 is 5.97 Å². The second-order valence-electron chi connectivity index (χ2n) is 6.06. The summed E-state index contributed by atoms with van der Waals surface area (Å²) in [6.07, 6.45) is 4.88. The molecular formula is C15H21NO4. The Morgan fingerprint density at radius 3 is 2.90 bits per heavy atom. The SMILES string of the molecule is C/C=C1\C[N+]2([O-])C(C(=O)O)=C3[C@@H](COC)CCC[C@@H]3[C@H]12. The zero-order chi connectivity index (χ0) is 14.5. The molecular weight excluding hydrogens is 258 g/mol. The lowest BCUT2D eigenvalue weighted by Gasteiger charge is -2.55. The first-order valence-corrected chi connectivity index (χ1v) is 7.25. The van der Waals surface area contributed by atoms with E-state index in [0.717, 1.165) is 30.4 Å². The number of hydroxylamine groups is 3. The molecule has 0 bridgehead atoms. The van der Waals surface area contributed by atoms with Crippen molar-refractivity contribution in [2.45, 2.75) is 32.2 Å². The van der Waals surface area contributed by atoms with Gasteiger partial charge in [0.25, 0.3) is 0 Å². The Labute approximate surface area is 118 Å². The van der Waals surface area contributed by atoms with E-state index in [2.05, 4.69) is 0 Å². The van der Waals surface area contributed by atoms with E-state index in [1.54, 1.807) is 7.11 Å². The number of hydrogen-bond acceptors (Lipinski definition) is 3. The third-order valence-electron chi connectivity index (χ3n) is 5.13. The standard InChI is InChI=1S/C15H21NO4/c1-3-9-7-16(19)13(9)11-6-4-5-10(8-20-2)12(11)14(16)15(17)18/h3,10-11,13H,4-8H2,1-2H3,(H,17,18)/b9-3+/t10-,11+,13+,16?/m1/s1. The van der Waals surface area contributed by atoms with Crippen molar-refractivity contribution in [3.05, 3.63) is 28.1 Å². The fourth-order valence-electron chi connectivity index (χ4n) is 4.42. The summed E-state index contributed by atoms with van der Waals surface area (Å²) in [5.41, 5.74) is 2.10. The van der Waals surface area contributed by atoms with Crippen molar-refractivity contribution in [2.75, 3.05) is 20.3 Å². The number of nitrogens with zero attached hydrogens (tertiary/aromatic N) is 1. The van der Waals surface area contributed by atoms with E-state index in [4.69, 9.17) is 4.74 Å². The highest BCUT2D eigenvalue weighted by molar-refractivity contribution is 5.86. The molecule has 1 saturated heterocycles. The van der Waals surface area contributed by atoms with Gasteiger partial charge in [-0.25, -0.2) is 4.79 Å². The van der Waals surface area contributed by atoms with Crippen LogP contribution in [0.15, 0.2) is 22.9 Å². The lowest BCUT2D eigenvalue weighted by atomic mass is 9.72. The summed E-state index contributed by atoms with van der Waals surface area (Å²) in [6.45, 7) is 2.76. The molecule has 20 heavy (non-hydrogen) atoms. The second kappa shape index (κ2) is 4.69. The number of fused-ring (bicyclic) bond motifs is 3. The molecule has 5 heteroatoms. The smallest absolute Gasteiger partial charge is 0.390 e. The first-order chi connectivity index (χ1) is 9.54. The first-order valence-electron chi connectivity index (χ1n) is 7.25. The van der Waals surface area contributed by atoms with Crippen LogP contribution in [0.5, 0.6) is 0 Å². The van der Waals surface area contributed by atoms with Gasteiger partial charge in [0.1, 0.15) is 12.6 Å². The Morgan fingerprint density at radius 1 is 1.55 bits per heavy atom. The van der Waals surface area contributed by atoms with E-state index in [1.165, 1.54) is 0 Å². The lowest BCUT2D eigenvalue weighted by molar-refractivity contribution is -0.884. The van der Waals surface area contributed by atoms with Crippen molar-refractivity contribution >= 4 is 5.97 Å². The van der Waals surface area contributed by atoms with Crippen LogP contribution < -0.4 is 0 Å². The minimum Gasteiger partial charge on any atom is -0.626 e. The van der Waals surface area contributed by atoms with E-state index in [-0.39, 0.29) is 23.6 Å². The molecule has 5 nitrogen and oxygen atoms in total. The van der Waals surface area contributed by atoms with Crippen molar-refractivity contribution in [1.29, 1.82) is 0 Å². The summed E-state index contributed by atoms with van der Waals surface area (Å²) in [6, 6.07) is -0.180. The molecule has 2 heterocycles. The summed E-state index contributed by atoms with van der Waals surface area (Å²) in [5.74, 6) is -0.842. The number of carbonyl (C=O) groups is 1. The molecule has 1 saturated carbocycles. The predicted octanol–water partition coefficient (Wildman–Crippen LogP) is 2.04. The fraction of sp³-hybridized carbons (Fsp3) is 0.667. The monoisotopic (exact) mass is 279 g/mol. The highest BCUT2D eigenvalue weighted by Gasteiger charge is 2.62. The molecule has 0 amide bonds. The average molecular weight is 279 g/mol. The molecule has 0 aromatic heterocycles. The van der Waals surface area contributed by atoms with Crippen LogP contribution in [-0.2, 0) is 9.53 Å². The number of aliphatic carboxylic acids is 1. The Bertz CT molecular complexity index is 508. The molecule has 0 aromatic carbocycles. The number of ether oxygens (including phenoxy) is 1. The van der Waals surface area contributed by atoms with E-state index >= 15 is 0 Å². The zero-order valence-electron chi connectivity index (χ0n) is 12.0. The van der Waals surface area contributed by atoms with Crippen molar-refractivity contribution in [2.24, 2.45) is 11.8 Å². The number of methoxy groups -OCH3 is 1. The minimum absolute atomic E-state index is 0.0949. The molecule has 0 spiro atoms. The van der Waals surface area contributed by atoms with Gasteiger partial charge in [-0.1, -0.05) is 12.5 Å². The maximum absolute atomic E-state index is 13.0. The topological polar surface area (TPSA) is 69.6 Å². The van der Waals surface area contributed by atoms with E-state index in [0.29, 0.717) is 13.2 Å². The van der Waals surface area contributed by atoms with Gasteiger partial charge in [-0.3, -0.25) is 0 Å². The number of rotatable bonds is 3. The maximum Gasteiger partial charge on any atom is 0.390 e. The highest BCUT2D eigenvalue weighted by atomic mass is 16.6. The normalized spacial score (nSPS) is 41.4. The molecule has 1 aliphatic carbocycles. The Morgan fingerprint density at radius 2 is 2.30 bits per heavy atom. The Kier molecular flexibility index (Phi) is 3.23. The van der Waals surface area contributed by atoms with Crippen LogP contribution in [0.2, 0.25) is 0 Å². The van der Waals surface area contributed by atoms with Gasteiger partial charge in [0.2, 0.25) is 5.70 Å². The summed E-state index contributed by atoms with van der Waals surface area (Å²) in [7, 11) is 1.63. The highest BCUT2D eigenvalue weighted by Crippen LogP contribution is 2.56. The van der Waals surface area contributed by atoms with Gasteiger partial charge in [0.05, 0.1) is 6.61 Å². The van der Waals surface area contributed by atoms with Crippen LogP contribution in [0.25, 0.3) is 0 Å². The van der Waals surface area contributed by atoms with Gasteiger partial charge < -0.3 is 19.7 Å². The summed E-state index contributed by atoms with van der Waals surface area (Å²) in [5, 5.41) is 22.5. The molecule has 0 aromatic rings. The molecule has 3 aliphatic rings.